The summed E-state index contributed by atoms with van der Waals surface area (Å²) in [5, 5.41) is 1.04. The van der Waals surface area contributed by atoms with Crippen LogP contribution in [0.1, 0.15) is 48.9 Å². The third-order valence-electron chi connectivity index (χ3n) is 5.23. The molecule has 1 unspecified atom stereocenters. The van der Waals surface area contributed by atoms with Crippen LogP contribution >= 0.6 is 0 Å². The molecule has 110 valence electrons. The van der Waals surface area contributed by atoms with Crippen LogP contribution in [0.5, 0.6) is 0 Å². The maximum Gasteiger partial charge on any atom is 0.150 e. The van der Waals surface area contributed by atoms with E-state index in [-0.39, 0.29) is 5.60 Å². The van der Waals surface area contributed by atoms with Gasteiger partial charge in [-0.25, -0.2) is 0 Å². The first-order valence-corrected chi connectivity index (χ1v) is 8.01. The lowest BCUT2D eigenvalue weighted by molar-refractivity contribution is -0.0414. The lowest BCUT2D eigenvalue weighted by Gasteiger charge is -2.24. The molecule has 1 saturated heterocycles. The summed E-state index contributed by atoms with van der Waals surface area (Å²) in [6.07, 6.45) is 10.8. The van der Waals surface area contributed by atoms with Crippen molar-refractivity contribution in [3.8, 4) is 0 Å². The molecule has 1 aliphatic carbocycles. The lowest BCUT2D eigenvalue weighted by Crippen LogP contribution is -2.26. The quantitative estimate of drug-likeness (QED) is 0.799. The standard InChI is InChI=1S/C18H21NO2/c20-13-14-4-3-5-17-16(14)7-11-19(17)12-15-6-10-18(21-15)8-1-2-9-18/h3-5,7,11,13,15H,1-2,6,8-10,12H2. The van der Waals surface area contributed by atoms with Crippen LogP contribution in [-0.2, 0) is 11.3 Å². The summed E-state index contributed by atoms with van der Waals surface area (Å²) in [6, 6.07) is 7.96. The first-order chi connectivity index (χ1) is 10.3. The summed E-state index contributed by atoms with van der Waals surface area (Å²) < 4.78 is 8.64. The normalized spacial score (nSPS) is 24.1. The highest BCUT2D eigenvalue weighted by molar-refractivity contribution is 5.97. The molecule has 2 aromatic rings. The predicted molar refractivity (Wildman–Crippen MR) is 82.6 cm³/mol. The minimum atomic E-state index is 0.196. The number of rotatable bonds is 3. The van der Waals surface area contributed by atoms with Gasteiger partial charge < -0.3 is 9.30 Å². The van der Waals surface area contributed by atoms with Gasteiger partial charge in [-0.2, -0.15) is 0 Å². The van der Waals surface area contributed by atoms with E-state index in [0.717, 1.165) is 35.7 Å². The molecule has 1 spiro atoms. The number of aromatic nitrogens is 1. The maximum atomic E-state index is 11.1. The van der Waals surface area contributed by atoms with Gasteiger partial charge in [-0.3, -0.25) is 4.79 Å². The molecule has 0 radical (unpaired) electrons. The van der Waals surface area contributed by atoms with Gasteiger partial charge >= 0.3 is 0 Å². The van der Waals surface area contributed by atoms with Crippen LogP contribution in [0.2, 0.25) is 0 Å². The number of carbonyl (C=O) groups is 1. The van der Waals surface area contributed by atoms with Crippen molar-refractivity contribution in [1.29, 1.82) is 0 Å². The first kappa shape index (κ1) is 13.1. The van der Waals surface area contributed by atoms with Crippen LogP contribution < -0.4 is 0 Å². The molecule has 2 heterocycles. The zero-order valence-electron chi connectivity index (χ0n) is 12.3. The molecule has 2 fully saturated rings. The number of benzene rings is 1. The number of hydrogen-bond donors (Lipinski definition) is 0. The highest BCUT2D eigenvalue weighted by Gasteiger charge is 2.42. The monoisotopic (exact) mass is 283 g/mol. The fraction of sp³-hybridized carbons (Fsp3) is 0.500. The number of nitrogens with zero attached hydrogens (tertiary/aromatic N) is 1. The molecule has 3 heteroatoms. The molecule has 3 nitrogen and oxygen atoms in total. The van der Waals surface area contributed by atoms with E-state index in [4.69, 9.17) is 4.74 Å². The zero-order chi connectivity index (χ0) is 14.3. The van der Waals surface area contributed by atoms with Crippen molar-refractivity contribution in [2.45, 2.75) is 56.8 Å². The van der Waals surface area contributed by atoms with E-state index in [1.165, 1.54) is 32.1 Å². The molecule has 1 saturated carbocycles. The van der Waals surface area contributed by atoms with Crippen LogP contribution in [0.15, 0.2) is 30.5 Å². The van der Waals surface area contributed by atoms with Crippen LogP contribution in [0, 0.1) is 0 Å². The number of ether oxygens (including phenoxy) is 1. The lowest BCUT2D eigenvalue weighted by atomic mass is 9.98. The second-order valence-corrected chi connectivity index (χ2v) is 6.53. The molecule has 2 aliphatic rings. The molecule has 1 aromatic heterocycles. The number of aldehydes is 1. The minimum Gasteiger partial charge on any atom is -0.370 e. The molecule has 0 bridgehead atoms. The Kier molecular flexibility index (Phi) is 3.11. The van der Waals surface area contributed by atoms with E-state index < -0.39 is 0 Å². The third kappa shape index (κ3) is 2.20. The molecule has 1 aliphatic heterocycles. The largest absolute Gasteiger partial charge is 0.370 e. The van der Waals surface area contributed by atoms with E-state index >= 15 is 0 Å². The highest BCUT2D eigenvalue weighted by Crippen LogP contribution is 2.43. The summed E-state index contributed by atoms with van der Waals surface area (Å²) in [5.41, 5.74) is 2.10. The van der Waals surface area contributed by atoms with Gasteiger partial charge in [0.25, 0.3) is 0 Å². The average molecular weight is 283 g/mol. The van der Waals surface area contributed by atoms with E-state index in [0.29, 0.717) is 6.10 Å². The van der Waals surface area contributed by atoms with Gasteiger partial charge in [0, 0.05) is 29.2 Å². The van der Waals surface area contributed by atoms with Gasteiger partial charge in [0.2, 0.25) is 0 Å². The summed E-state index contributed by atoms with van der Waals surface area (Å²) >= 11 is 0. The Morgan fingerprint density at radius 3 is 2.90 bits per heavy atom. The SMILES string of the molecule is O=Cc1cccc2c1ccn2CC1CCC2(CCCC2)O1. The predicted octanol–water partition coefficient (Wildman–Crippen LogP) is 3.95. The van der Waals surface area contributed by atoms with Crippen molar-refractivity contribution in [3.05, 3.63) is 36.0 Å². The van der Waals surface area contributed by atoms with Crippen molar-refractivity contribution in [3.63, 3.8) is 0 Å². The van der Waals surface area contributed by atoms with Gasteiger partial charge in [0.05, 0.1) is 11.7 Å². The van der Waals surface area contributed by atoms with Gasteiger partial charge in [0.1, 0.15) is 0 Å². The Balaban J connectivity index is 1.57. The zero-order valence-corrected chi connectivity index (χ0v) is 12.3. The molecule has 1 atom stereocenters. The fourth-order valence-electron chi connectivity index (χ4n) is 4.14. The summed E-state index contributed by atoms with van der Waals surface area (Å²) in [4.78, 5) is 11.1. The molecule has 21 heavy (non-hydrogen) atoms. The Labute approximate surface area is 124 Å². The maximum absolute atomic E-state index is 11.1. The van der Waals surface area contributed by atoms with Crippen LogP contribution in [-0.4, -0.2) is 22.6 Å². The highest BCUT2D eigenvalue weighted by atomic mass is 16.5. The average Bonchev–Trinajstić information content (AvgIpc) is 3.22. The van der Waals surface area contributed by atoms with E-state index in [2.05, 4.69) is 16.8 Å². The first-order valence-electron chi connectivity index (χ1n) is 8.01. The molecular formula is C18H21NO2. The topological polar surface area (TPSA) is 31.2 Å². The summed E-state index contributed by atoms with van der Waals surface area (Å²) in [6.45, 7) is 0.896. The minimum absolute atomic E-state index is 0.196. The van der Waals surface area contributed by atoms with Gasteiger partial charge in [-0.1, -0.05) is 25.0 Å². The van der Waals surface area contributed by atoms with Gasteiger partial charge in [0.15, 0.2) is 6.29 Å². The molecule has 0 amide bonds. The second kappa shape index (κ2) is 4.99. The van der Waals surface area contributed by atoms with Crippen LogP contribution in [0.25, 0.3) is 10.9 Å². The van der Waals surface area contributed by atoms with E-state index in [9.17, 15) is 4.79 Å². The number of hydrogen-bond acceptors (Lipinski definition) is 2. The Hall–Kier alpha value is -1.61. The molecule has 0 N–H and O–H groups in total. The molecular weight excluding hydrogens is 262 g/mol. The van der Waals surface area contributed by atoms with Crippen LogP contribution in [0.4, 0.5) is 0 Å². The number of fused-ring (bicyclic) bond motifs is 1. The van der Waals surface area contributed by atoms with E-state index in [1.54, 1.807) is 0 Å². The Morgan fingerprint density at radius 2 is 2.10 bits per heavy atom. The smallest absolute Gasteiger partial charge is 0.150 e. The van der Waals surface area contributed by atoms with Crippen molar-refractivity contribution in [2.75, 3.05) is 0 Å². The molecule has 1 aromatic carbocycles. The second-order valence-electron chi connectivity index (χ2n) is 6.53. The van der Waals surface area contributed by atoms with E-state index in [1.807, 2.05) is 18.2 Å². The molecule has 4 rings (SSSR count). The van der Waals surface area contributed by atoms with Gasteiger partial charge in [-0.05, 0) is 37.8 Å². The fourth-order valence-corrected chi connectivity index (χ4v) is 4.14. The number of carbonyl (C=O) groups excluding carboxylic acids is 1. The Bertz CT molecular complexity index is 667. The Morgan fingerprint density at radius 1 is 1.24 bits per heavy atom. The van der Waals surface area contributed by atoms with Crippen molar-refractivity contribution in [2.24, 2.45) is 0 Å². The van der Waals surface area contributed by atoms with Crippen molar-refractivity contribution >= 4 is 17.2 Å². The van der Waals surface area contributed by atoms with Crippen LogP contribution in [0.3, 0.4) is 0 Å². The summed E-state index contributed by atoms with van der Waals surface area (Å²) in [7, 11) is 0. The van der Waals surface area contributed by atoms with Crippen molar-refractivity contribution in [1.82, 2.24) is 4.57 Å². The van der Waals surface area contributed by atoms with Gasteiger partial charge in [-0.15, -0.1) is 0 Å². The summed E-state index contributed by atoms with van der Waals surface area (Å²) in [5.74, 6) is 0. The third-order valence-corrected chi connectivity index (χ3v) is 5.23. The van der Waals surface area contributed by atoms with Crippen molar-refractivity contribution < 1.29 is 9.53 Å².